The second-order valence-electron chi connectivity index (χ2n) is 7.37. The topological polar surface area (TPSA) is 54.3 Å². The van der Waals surface area contributed by atoms with Crippen LogP contribution in [0.2, 0.25) is 0 Å². The van der Waals surface area contributed by atoms with Gasteiger partial charge < -0.3 is 9.80 Å². The fourth-order valence-corrected chi connectivity index (χ4v) is 4.69. The SMILES string of the molecule is CCN1CCCCCC1.CCn1cnc2c(sc3nccc(N(C)C)c32)c1=O. The van der Waals surface area contributed by atoms with Crippen LogP contribution in [0, 0.1) is 0 Å². The lowest BCUT2D eigenvalue weighted by Crippen LogP contribution is -2.23. The number of hydrogen-bond donors (Lipinski definition) is 0. The maximum absolute atomic E-state index is 12.3. The highest BCUT2D eigenvalue weighted by Crippen LogP contribution is 2.34. The van der Waals surface area contributed by atoms with Gasteiger partial charge in [0.25, 0.3) is 5.56 Å². The van der Waals surface area contributed by atoms with E-state index in [4.69, 9.17) is 0 Å². The van der Waals surface area contributed by atoms with Gasteiger partial charge >= 0.3 is 0 Å². The van der Waals surface area contributed by atoms with E-state index < -0.39 is 0 Å². The Morgan fingerprint density at radius 3 is 2.39 bits per heavy atom. The fourth-order valence-electron chi connectivity index (χ4n) is 3.62. The molecule has 1 saturated heterocycles. The first-order valence-electron chi connectivity index (χ1n) is 10.2. The summed E-state index contributed by atoms with van der Waals surface area (Å²) >= 11 is 1.42. The fraction of sp³-hybridized carbons (Fsp3) is 0.571. The number of aryl methyl sites for hydroxylation is 1. The van der Waals surface area contributed by atoms with Gasteiger partial charge in [0.05, 0.1) is 22.9 Å². The third kappa shape index (κ3) is 4.36. The van der Waals surface area contributed by atoms with Gasteiger partial charge in [0.2, 0.25) is 0 Å². The molecule has 0 saturated carbocycles. The van der Waals surface area contributed by atoms with E-state index in [1.165, 1.54) is 56.7 Å². The first kappa shape index (κ1) is 20.7. The molecule has 0 N–H and O–H groups in total. The van der Waals surface area contributed by atoms with Crippen molar-refractivity contribution in [3.05, 3.63) is 28.9 Å². The molecular formula is C21H31N5OS. The summed E-state index contributed by atoms with van der Waals surface area (Å²) in [7, 11) is 3.96. The largest absolute Gasteiger partial charge is 0.377 e. The van der Waals surface area contributed by atoms with Crippen LogP contribution in [0.5, 0.6) is 0 Å². The third-order valence-electron chi connectivity index (χ3n) is 5.29. The molecule has 0 amide bonds. The predicted octanol–water partition coefficient (Wildman–Crippen LogP) is 3.97. The number of nitrogens with zero attached hydrogens (tertiary/aromatic N) is 5. The van der Waals surface area contributed by atoms with Crippen molar-refractivity contribution in [1.29, 1.82) is 0 Å². The minimum atomic E-state index is 0.0141. The van der Waals surface area contributed by atoms with Crippen molar-refractivity contribution >= 4 is 37.5 Å². The van der Waals surface area contributed by atoms with Gasteiger partial charge in [-0.25, -0.2) is 9.97 Å². The van der Waals surface area contributed by atoms with Crippen molar-refractivity contribution < 1.29 is 0 Å². The molecule has 1 aliphatic heterocycles. The van der Waals surface area contributed by atoms with E-state index in [1.807, 2.05) is 32.0 Å². The molecule has 0 aliphatic carbocycles. The van der Waals surface area contributed by atoms with Crippen molar-refractivity contribution in [3.8, 4) is 0 Å². The molecule has 0 atom stereocenters. The van der Waals surface area contributed by atoms with Crippen molar-refractivity contribution in [2.45, 2.75) is 46.1 Å². The van der Waals surface area contributed by atoms with Gasteiger partial charge in [-0.1, -0.05) is 19.8 Å². The predicted molar refractivity (Wildman–Crippen MR) is 120 cm³/mol. The highest BCUT2D eigenvalue weighted by atomic mass is 32.1. The highest BCUT2D eigenvalue weighted by Gasteiger charge is 2.15. The minimum absolute atomic E-state index is 0.0141. The Kier molecular flexibility index (Phi) is 7.02. The zero-order valence-corrected chi connectivity index (χ0v) is 18.3. The second kappa shape index (κ2) is 9.47. The van der Waals surface area contributed by atoms with Gasteiger partial charge in [-0.15, -0.1) is 11.3 Å². The molecule has 0 bridgehead atoms. The molecule has 1 aliphatic rings. The Balaban J connectivity index is 0.000000211. The second-order valence-corrected chi connectivity index (χ2v) is 8.37. The molecule has 0 aromatic carbocycles. The molecule has 3 aromatic rings. The number of rotatable bonds is 3. The molecule has 152 valence electrons. The van der Waals surface area contributed by atoms with Crippen LogP contribution in [-0.4, -0.2) is 53.2 Å². The Labute approximate surface area is 170 Å². The van der Waals surface area contributed by atoms with Crippen LogP contribution in [0.3, 0.4) is 0 Å². The van der Waals surface area contributed by atoms with Gasteiger partial charge in [0.15, 0.2) is 0 Å². The first-order chi connectivity index (χ1) is 13.6. The Morgan fingerprint density at radius 2 is 1.79 bits per heavy atom. The van der Waals surface area contributed by atoms with Crippen LogP contribution in [0.25, 0.3) is 20.4 Å². The minimum Gasteiger partial charge on any atom is -0.377 e. The van der Waals surface area contributed by atoms with Gasteiger partial charge in [-0.2, -0.15) is 0 Å². The smallest absolute Gasteiger partial charge is 0.271 e. The van der Waals surface area contributed by atoms with Crippen LogP contribution < -0.4 is 10.5 Å². The zero-order chi connectivity index (χ0) is 20.1. The molecule has 4 rings (SSSR count). The molecule has 0 radical (unpaired) electrons. The number of pyridine rings is 1. The van der Waals surface area contributed by atoms with Crippen LogP contribution in [0.1, 0.15) is 39.5 Å². The zero-order valence-electron chi connectivity index (χ0n) is 17.4. The molecule has 4 heterocycles. The summed E-state index contributed by atoms with van der Waals surface area (Å²) in [5.74, 6) is 0. The van der Waals surface area contributed by atoms with E-state index >= 15 is 0 Å². The summed E-state index contributed by atoms with van der Waals surface area (Å²) in [5.41, 5.74) is 1.81. The van der Waals surface area contributed by atoms with E-state index in [1.54, 1.807) is 17.1 Å². The summed E-state index contributed by atoms with van der Waals surface area (Å²) in [5, 5.41) is 0.966. The normalized spacial score (nSPS) is 15.3. The monoisotopic (exact) mass is 401 g/mol. The molecule has 3 aromatic heterocycles. The third-order valence-corrected chi connectivity index (χ3v) is 6.37. The number of aromatic nitrogens is 3. The van der Waals surface area contributed by atoms with Crippen LogP contribution in [0.15, 0.2) is 23.4 Å². The Morgan fingerprint density at radius 1 is 1.07 bits per heavy atom. The molecule has 6 nitrogen and oxygen atoms in total. The van der Waals surface area contributed by atoms with E-state index in [0.29, 0.717) is 11.2 Å². The van der Waals surface area contributed by atoms with Gasteiger partial charge in [-0.05, 0) is 45.5 Å². The van der Waals surface area contributed by atoms with E-state index in [-0.39, 0.29) is 5.56 Å². The summed E-state index contributed by atoms with van der Waals surface area (Å²) in [4.78, 5) is 26.5. The lowest BCUT2D eigenvalue weighted by atomic mass is 10.2. The van der Waals surface area contributed by atoms with Crippen molar-refractivity contribution in [2.24, 2.45) is 0 Å². The molecule has 7 heteroatoms. The Bertz CT molecular complexity index is 970. The average Bonchev–Trinajstić information content (AvgIpc) is 2.89. The molecule has 28 heavy (non-hydrogen) atoms. The maximum Gasteiger partial charge on any atom is 0.271 e. The van der Waals surface area contributed by atoms with Gasteiger partial charge in [0.1, 0.15) is 9.53 Å². The van der Waals surface area contributed by atoms with E-state index in [2.05, 4.69) is 21.8 Å². The number of thiophene rings is 1. The first-order valence-corrected chi connectivity index (χ1v) is 11.0. The lowest BCUT2D eigenvalue weighted by Gasteiger charge is -2.15. The van der Waals surface area contributed by atoms with Gasteiger partial charge in [-0.3, -0.25) is 9.36 Å². The molecule has 0 spiro atoms. The maximum atomic E-state index is 12.3. The van der Waals surface area contributed by atoms with Crippen LogP contribution in [0.4, 0.5) is 5.69 Å². The van der Waals surface area contributed by atoms with Crippen molar-refractivity contribution in [3.63, 3.8) is 0 Å². The number of fused-ring (bicyclic) bond motifs is 3. The van der Waals surface area contributed by atoms with Crippen molar-refractivity contribution in [2.75, 3.05) is 38.6 Å². The molecule has 1 fully saturated rings. The number of likely N-dealkylation sites (tertiary alicyclic amines) is 1. The van der Waals surface area contributed by atoms with Crippen molar-refractivity contribution in [1.82, 2.24) is 19.4 Å². The molecular weight excluding hydrogens is 370 g/mol. The highest BCUT2D eigenvalue weighted by molar-refractivity contribution is 7.25. The molecule has 0 unspecified atom stereocenters. The van der Waals surface area contributed by atoms with E-state index in [9.17, 15) is 4.79 Å². The average molecular weight is 402 g/mol. The van der Waals surface area contributed by atoms with E-state index in [0.717, 1.165) is 21.4 Å². The summed E-state index contributed by atoms with van der Waals surface area (Å²) in [6.45, 7) is 8.76. The number of anilines is 1. The summed E-state index contributed by atoms with van der Waals surface area (Å²) < 4.78 is 2.30. The summed E-state index contributed by atoms with van der Waals surface area (Å²) in [6, 6.07) is 1.95. The van der Waals surface area contributed by atoms with Gasteiger partial charge in [0, 0.05) is 26.8 Å². The number of hydrogen-bond acceptors (Lipinski definition) is 6. The Hall–Kier alpha value is -1.99. The van der Waals surface area contributed by atoms with Crippen LogP contribution >= 0.6 is 11.3 Å². The van der Waals surface area contributed by atoms with Crippen LogP contribution in [-0.2, 0) is 6.54 Å². The standard InChI is InChI=1S/C13H14N4OS.C8H17N/c1-4-17-7-15-10-9-8(16(2)3)5-6-14-12(9)19-11(10)13(17)18;1-2-9-7-5-3-4-6-8-9/h5-7H,4H2,1-3H3;2-8H2,1H3. The quantitative estimate of drug-likeness (QED) is 0.665. The lowest BCUT2D eigenvalue weighted by molar-refractivity contribution is 0.301. The summed E-state index contributed by atoms with van der Waals surface area (Å²) in [6.07, 6.45) is 9.14.